The molecular formula is C22H28FN3O5. The lowest BCUT2D eigenvalue weighted by atomic mass is 10.1. The molecule has 9 heteroatoms. The zero-order valence-corrected chi connectivity index (χ0v) is 18.2. The first-order chi connectivity index (χ1) is 15.1. The summed E-state index contributed by atoms with van der Waals surface area (Å²) in [5.74, 6) is 2.73. The summed E-state index contributed by atoms with van der Waals surface area (Å²) < 4.78 is 40.8. The number of hydrogen-bond donors (Lipinski definition) is 2. The summed E-state index contributed by atoms with van der Waals surface area (Å²) in [7, 11) is 6.42. The van der Waals surface area contributed by atoms with Gasteiger partial charge in [-0.25, -0.2) is 4.39 Å². The van der Waals surface area contributed by atoms with Gasteiger partial charge in [-0.2, -0.15) is 0 Å². The Morgan fingerprint density at radius 3 is 2.45 bits per heavy atom. The van der Waals surface area contributed by atoms with E-state index in [1.807, 2.05) is 12.1 Å². The molecule has 1 heterocycles. The summed E-state index contributed by atoms with van der Waals surface area (Å²) in [5, 5.41) is 6.48. The van der Waals surface area contributed by atoms with E-state index in [0.29, 0.717) is 55.1 Å². The maximum Gasteiger partial charge on any atom is 0.203 e. The van der Waals surface area contributed by atoms with Crippen molar-refractivity contribution in [1.82, 2.24) is 10.6 Å². The van der Waals surface area contributed by atoms with Crippen molar-refractivity contribution in [2.75, 3.05) is 41.7 Å². The summed E-state index contributed by atoms with van der Waals surface area (Å²) in [5.41, 5.74) is 2.46. The lowest BCUT2D eigenvalue weighted by Gasteiger charge is -2.21. The predicted molar refractivity (Wildman–Crippen MR) is 115 cm³/mol. The lowest BCUT2D eigenvalue weighted by Crippen LogP contribution is -2.38. The minimum absolute atomic E-state index is 0.178. The van der Waals surface area contributed by atoms with E-state index in [4.69, 9.17) is 23.7 Å². The van der Waals surface area contributed by atoms with Gasteiger partial charge in [0.15, 0.2) is 24.3 Å². The Labute approximate surface area is 181 Å². The van der Waals surface area contributed by atoms with Crippen LogP contribution in [-0.4, -0.2) is 47.7 Å². The van der Waals surface area contributed by atoms with E-state index in [0.717, 1.165) is 16.7 Å². The normalized spacial score (nSPS) is 13.1. The van der Waals surface area contributed by atoms with Crippen molar-refractivity contribution in [2.24, 2.45) is 4.99 Å². The van der Waals surface area contributed by atoms with Gasteiger partial charge in [0, 0.05) is 25.7 Å². The average molecular weight is 433 g/mol. The Balaban J connectivity index is 1.59. The molecule has 0 saturated heterocycles. The minimum Gasteiger partial charge on any atom is -0.493 e. The van der Waals surface area contributed by atoms with Gasteiger partial charge in [0.1, 0.15) is 11.6 Å². The number of methoxy groups -OCH3 is 3. The molecule has 0 atom stereocenters. The number of aliphatic imine (C=N–C) groups is 1. The molecule has 0 unspecified atom stereocenters. The number of hydrogen-bond acceptors (Lipinski definition) is 6. The Morgan fingerprint density at radius 1 is 1.06 bits per heavy atom. The van der Waals surface area contributed by atoms with Crippen molar-refractivity contribution in [2.45, 2.75) is 19.6 Å². The van der Waals surface area contributed by atoms with E-state index in [2.05, 4.69) is 15.6 Å². The van der Waals surface area contributed by atoms with E-state index < -0.39 is 0 Å². The molecule has 1 aliphatic heterocycles. The van der Waals surface area contributed by atoms with Crippen molar-refractivity contribution >= 4 is 5.96 Å². The molecular weight excluding hydrogens is 405 g/mol. The standard InChI is InChI=1S/C22H28FN3O5/c1-24-22(26-11-14-7-18(27-2)21(29-4)19(8-14)28-3)25-6-5-15-9-17(23)10-16-12-30-13-31-20(15)16/h7-10H,5-6,11-13H2,1-4H3,(H2,24,25,26). The largest absolute Gasteiger partial charge is 0.493 e. The van der Waals surface area contributed by atoms with Crippen LogP contribution in [0.25, 0.3) is 0 Å². The van der Waals surface area contributed by atoms with Crippen LogP contribution in [-0.2, 0) is 24.3 Å². The van der Waals surface area contributed by atoms with E-state index in [1.54, 1.807) is 28.4 Å². The Hall–Kier alpha value is -3.20. The molecule has 8 nitrogen and oxygen atoms in total. The molecule has 0 amide bonds. The number of ether oxygens (including phenoxy) is 5. The molecule has 0 fully saturated rings. The van der Waals surface area contributed by atoms with Gasteiger partial charge in [0.25, 0.3) is 0 Å². The molecule has 31 heavy (non-hydrogen) atoms. The van der Waals surface area contributed by atoms with Crippen molar-refractivity contribution in [3.05, 3.63) is 46.8 Å². The number of nitrogens with zero attached hydrogens (tertiary/aromatic N) is 1. The molecule has 0 aliphatic carbocycles. The van der Waals surface area contributed by atoms with Gasteiger partial charge in [-0.1, -0.05) is 0 Å². The smallest absolute Gasteiger partial charge is 0.203 e. The fraction of sp³-hybridized carbons (Fsp3) is 0.409. The van der Waals surface area contributed by atoms with Crippen molar-refractivity contribution in [3.8, 4) is 23.0 Å². The maximum atomic E-state index is 13.9. The monoisotopic (exact) mass is 433 g/mol. The molecule has 0 radical (unpaired) electrons. The molecule has 0 spiro atoms. The van der Waals surface area contributed by atoms with Crippen LogP contribution in [0.2, 0.25) is 0 Å². The number of guanidine groups is 1. The molecule has 0 saturated carbocycles. The molecule has 0 aromatic heterocycles. The van der Waals surface area contributed by atoms with Gasteiger partial charge in [-0.15, -0.1) is 0 Å². The van der Waals surface area contributed by atoms with Crippen LogP contribution in [0, 0.1) is 5.82 Å². The summed E-state index contributed by atoms with van der Waals surface area (Å²) in [6.45, 7) is 1.57. The lowest BCUT2D eigenvalue weighted by molar-refractivity contribution is -0.0172. The van der Waals surface area contributed by atoms with Gasteiger partial charge < -0.3 is 34.3 Å². The van der Waals surface area contributed by atoms with E-state index in [1.165, 1.54) is 12.1 Å². The third kappa shape index (κ3) is 5.49. The number of nitrogens with one attached hydrogen (secondary N) is 2. The van der Waals surface area contributed by atoms with E-state index >= 15 is 0 Å². The Kier molecular flexibility index (Phi) is 7.77. The quantitative estimate of drug-likeness (QED) is 0.489. The van der Waals surface area contributed by atoms with Crippen molar-refractivity contribution in [1.29, 1.82) is 0 Å². The van der Waals surface area contributed by atoms with Crippen molar-refractivity contribution in [3.63, 3.8) is 0 Å². The maximum absolute atomic E-state index is 13.9. The number of benzene rings is 2. The first-order valence-corrected chi connectivity index (χ1v) is 9.84. The minimum atomic E-state index is -0.298. The van der Waals surface area contributed by atoms with Crippen LogP contribution >= 0.6 is 0 Å². The molecule has 2 N–H and O–H groups in total. The van der Waals surface area contributed by atoms with Gasteiger partial charge >= 0.3 is 0 Å². The van der Waals surface area contributed by atoms with Gasteiger partial charge in [0.2, 0.25) is 5.75 Å². The highest BCUT2D eigenvalue weighted by molar-refractivity contribution is 5.79. The third-order valence-corrected chi connectivity index (χ3v) is 4.85. The van der Waals surface area contributed by atoms with E-state index in [9.17, 15) is 4.39 Å². The van der Waals surface area contributed by atoms with Gasteiger partial charge in [-0.05, 0) is 41.8 Å². The third-order valence-electron chi connectivity index (χ3n) is 4.85. The van der Waals surface area contributed by atoms with Crippen LogP contribution in [0.3, 0.4) is 0 Å². The second kappa shape index (κ2) is 10.7. The second-order valence-electron chi connectivity index (χ2n) is 6.80. The van der Waals surface area contributed by atoms with Gasteiger partial charge in [0.05, 0.1) is 27.9 Å². The summed E-state index contributed by atoms with van der Waals surface area (Å²) in [6.07, 6.45) is 0.574. The molecule has 168 valence electrons. The molecule has 2 aromatic rings. The van der Waals surface area contributed by atoms with Crippen molar-refractivity contribution < 1.29 is 28.1 Å². The predicted octanol–water partition coefficient (Wildman–Crippen LogP) is 2.63. The Bertz CT molecular complexity index is 911. The summed E-state index contributed by atoms with van der Waals surface area (Å²) in [6, 6.07) is 6.70. The first kappa shape index (κ1) is 22.5. The molecule has 0 bridgehead atoms. The molecule has 1 aliphatic rings. The summed E-state index contributed by atoms with van der Waals surface area (Å²) in [4.78, 5) is 4.24. The zero-order valence-electron chi connectivity index (χ0n) is 18.2. The second-order valence-corrected chi connectivity index (χ2v) is 6.80. The van der Waals surface area contributed by atoms with Crippen LogP contribution in [0.5, 0.6) is 23.0 Å². The number of halogens is 1. The molecule has 3 rings (SSSR count). The SMILES string of the molecule is CN=C(NCCc1cc(F)cc2c1OCOC2)NCc1cc(OC)c(OC)c(OC)c1. The van der Waals surface area contributed by atoms with Crippen LogP contribution in [0.1, 0.15) is 16.7 Å². The van der Waals surface area contributed by atoms with Gasteiger partial charge in [-0.3, -0.25) is 4.99 Å². The summed E-state index contributed by atoms with van der Waals surface area (Å²) >= 11 is 0. The van der Waals surface area contributed by atoms with Crippen LogP contribution in [0.4, 0.5) is 4.39 Å². The molecule has 2 aromatic carbocycles. The van der Waals surface area contributed by atoms with E-state index in [-0.39, 0.29) is 12.6 Å². The highest BCUT2D eigenvalue weighted by atomic mass is 19.1. The topological polar surface area (TPSA) is 82.6 Å². The Morgan fingerprint density at radius 2 is 1.81 bits per heavy atom. The number of rotatable bonds is 8. The fourth-order valence-corrected chi connectivity index (χ4v) is 3.40. The number of fused-ring (bicyclic) bond motifs is 1. The van der Waals surface area contributed by atoms with Crippen LogP contribution in [0.15, 0.2) is 29.3 Å². The average Bonchev–Trinajstić information content (AvgIpc) is 2.80. The highest BCUT2D eigenvalue weighted by Crippen LogP contribution is 2.38. The highest BCUT2D eigenvalue weighted by Gasteiger charge is 2.17. The van der Waals surface area contributed by atoms with Crippen LogP contribution < -0.4 is 29.6 Å². The first-order valence-electron chi connectivity index (χ1n) is 9.84. The zero-order chi connectivity index (χ0) is 22.2. The fourth-order valence-electron chi connectivity index (χ4n) is 3.40.